The highest BCUT2D eigenvalue weighted by Crippen LogP contribution is 2.27. The number of rotatable bonds is 1. The van der Waals surface area contributed by atoms with Gasteiger partial charge < -0.3 is 4.90 Å². The summed E-state index contributed by atoms with van der Waals surface area (Å²) in [5, 5.41) is 9.20. The highest BCUT2D eigenvalue weighted by Gasteiger charge is 2.19. The molecule has 0 radical (unpaired) electrons. The van der Waals surface area contributed by atoms with Crippen LogP contribution in [-0.4, -0.2) is 18.0 Å². The van der Waals surface area contributed by atoms with Gasteiger partial charge in [0, 0.05) is 24.4 Å². The maximum Gasteiger partial charge on any atom is 0.0965 e. The second kappa shape index (κ2) is 5.21. The lowest BCUT2D eigenvalue weighted by molar-refractivity contribution is 0.391. The van der Waals surface area contributed by atoms with Crippen molar-refractivity contribution in [3.8, 4) is 6.07 Å². The monoisotopic (exact) mass is 204 g/mol. The van der Waals surface area contributed by atoms with Gasteiger partial charge >= 0.3 is 0 Å². The van der Waals surface area contributed by atoms with Gasteiger partial charge in [0.2, 0.25) is 0 Å². The van der Waals surface area contributed by atoms with E-state index in [0.717, 1.165) is 18.4 Å². The van der Waals surface area contributed by atoms with E-state index in [-0.39, 0.29) is 0 Å². The van der Waals surface area contributed by atoms with Crippen molar-refractivity contribution in [1.29, 1.82) is 5.26 Å². The summed E-state index contributed by atoms with van der Waals surface area (Å²) in [5.41, 5.74) is 2.46. The molecule has 82 valence electrons. The molecular weight excluding hydrogens is 184 g/mol. The maximum atomic E-state index is 9.20. The molecule has 0 aromatic rings. The summed E-state index contributed by atoms with van der Waals surface area (Å²) in [7, 11) is 0. The van der Waals surface area contributed by atoms with Gasteiger partial charge in [-0.3, -0.25) is 0 Å². The predicted molar refractivity (Wildman–Crippen MR) is 61.1 cm³/mol. The molecule has 15 heavy (non-hydrogen) atoms. The Bertz CT molecular complexity index is 279. The summed E-state index contributed by atoms with van der Waals surface area (Å²) < 4.78 is 0. The number of nitriles is 1. The Balaban J connectivity index is 2.16. The van der Waals surface area contributed by atoms with Crippen LogP contribution in [0.15, 0.2) is 11.3 Å². The van der Waals surface area contributed by atoms with E-state index >= 15 is 0 Å². The summed E-state index contributed by atoms with van der Waals surface area (Å²) in [6, 6.07) is 2.44. The zero-order chi connectivity index (χ0) is 10.5. The van der Waals surface area contributed by atoms with Crippen LogP contribution in [-0.2, 0) is 0 Å². The molecule has 0 bridgehead atoms. The molecule has 2 aliphatic rings. The third kappa shape index (κ3) is 2.53. The Kier molecular flexibility index (Phi) is 3.66. The third-order valence-electron chi connectivity index (χ3n) is 3.56. The normalized spacial score (nSPS) is 28.3. The van der Waals surface area contributed by atoms with Crippen molar-refractivity contribution in [2.75, 3.05) is 13.1 Å². The molecule has 0 amide bonds. The summed E-state index contributed by atoms with van der Waals surface area (Å²) in [4.78, 5) is 2.46. The molecule has 2 heteroatoms. The average Bonchev–Trinajstić information content (AvgIpc) is 2.71. The average molecular weight is 204 g/mol. The minimum absolute atomic E-state index is 1.02. The van der Waals surface area contributed by atoms with Crippen LogP contribution in [0.1, 0.15) is 51.4 Å². The topological polar surface area (TPSA) is 27.0 Å². The zero-order valence-electron chi connectivity index (χ0n) is 9.47. The first kappa shape index (κ1) is 10.5. The van der Waals surface area contributed by atoms with E-state index in [4.69, 9.17) is 0 Å². The fourth-order valence-corrected chi connectivity index (χ4v) is 2.70. The standard InChI is InChI=1S/C13H20N2/c14-11-12-7-3-1-2-4-8-13(12)15-9-5-6-10-15/h1-10H2/b13-12-. The van der Waals surface area contributed by atoms with Gasteiger partial charge in [-0.25, -0.2) is 0 Å². The second-order valence-corrected chi connectivity index (χ2v) is 4.65. The molecule has 0 aromatic heterocycles. The molecule has 0 aromatic carbocycles. The van der Waals surface area contributed by atoms with E-state index in [9.17, 15) is 5.26 Å². The lowest BCUT2D eigenvalue weighted by Crippen LogP contribution is -2.20. The lowest BCUT2D eigenvalue weighted by Gasteiger charge is -2.24. The lowest BCUT2D eigenvalue weighted by atomic mass is 9.97. The van der Waals surface area contributed by atoms with Crippen molar-refractivity contribution in [2.45, 2.75) is 51.4 Å². The van der Waals surface area contributed by atoms with Crippen LogP contribution in [0.4, 0.5) is 0 Å². The van der Waals surface area contributed by atoms with E-state index < -0.39 is 0 Å². The molecule has 0 atom stereocenters. The highest BCUT2D eigenvalue weighted by molar-refractivity contribution is 5.28. The van der Waals surface area contributed by atoms with Gasteiger partial charge in [0.1, 0.15) is 0 Å². The van der Waals surface area contributed by atoms with Crippen molar-refractivity contribution >= 4 is 0 Å². The molecule has 1 aliphatic heterocycles. The second-order valence-electron chi connectivity index (χ2n) is 4.65. The molecule has 2 nitrogen and oxygen atoms in total. The molecule has 1 heterocycles. The van der Waals surface area contributed by atoms with Crippen LogP contribution in [0.3, 0.4) is 0 Å². The summed E-state index contributed by atoms with van der Waals surface area (Å²) >= 11 is 0. The Morgan fingerprint density at radius 3 is 2.20 bits per heavy atom. The first-order chi connectivity index (χ1) is 7.42. The van der Waals surface area contributed by atoms with Crippen LogP contribution in [0.2, 0.25) is 0 Å². The number of nitrogens with zero attached hydrogens (tertiary/aromatic N) is 2. The molecule has 1 fully saturated rings. The highest BCUT2D eigenvalue weighted by atomic mass is 15.1. The van der Waals surface area contributed by atoms with Crippen molar-refractivity contribution in [2.24, 2.45) is 0 Å². The summed E-state index contributed by atoms with van der Waals surface area (Å²) in [6.07, 6.45) is 9.90. The molecule has 1 aliphatic carbocycles. The number of hydrogen-bond donors (Lipinski definition) is 0. The van der Waals surface area contributed by atoms with Crippen molar-refractivity contribution in [1.82, 2.24) is 4.90 Å². The van der Waals surface area contributed by atoms with E-state index in [1.807, 2.05) is 0 Å². The number of hydrogen-bond acceptors (Lipinski definition) is 2. The largest absolute Gasteiger partial charge is 0.374 e. The Labute approximate surface area is 92.6 Å². The minimum atomic E-state index is 1.02. The minimum Gasteiger partial charge on any atom is -0.374 e. The van der Waals surface area contributed by atoms with Gasteiger partial charge in [-0.15, -0.1) is 0 Å². The van der Waals surface area contributed by atoms with Crippen LogP contribution >= 0.6 is 0 Å². The zero-order valence-corrected chi connectivity index (χ0v) is 9.47. The molecular formula is C13H20N2. The van der Waals surface area contributed by atoms with Gasteiger partial charge in [0.05, 0.1) is 6.07 Å². The molecule has 0 spiro atoms. The van der Waals surface area contributed by atoms with Crippen LogP contribution in [0.25, 0.3) is 0 Å². The maximum absolute atomic E-state index is 9.20. The predicted octanol–water partition coefficient (Wildman–Crippen LogP) is 3.21. The van der Waals surface area contributed by atoms with Crippen molar-refractivity contribution in [3.63, 3.8) is 0 Å². The van der Waals surface area contributed by atoms with Crippen LogP contribution < -0.4 is 0 Å². The fraction of sp³-hybridized carbons (Fsp3) is 0.769. The Morgan fingerprint density at radius 2 is 1.53 bits per heavy atom. The third-order valence-corrected chi connectivity index (χ3v) is 3.56. The van der Waals surface area contributed by atoms with Gasteiger partial charge in [0.15, 0.2) is 0 Å². The van der Waals surface area contributed by atoms with E-state index in [1.165, 1.54) is 57.3 Å². The van der Waals surface area contributed by atoms with Gasteiger partial charge in [-0.2, -0.15) is 5.26 Å². The number of allylic oxidation sites excluding steroid dienone is 2. The SMILES string of the molecule is N#C/C1=C(\N2CCCC2)CCCCCC1. The van der Waals surface area contributed by atoms with E-state index in [2.05, 4.69) is 11.0 Å². The molecule has 0 unspecified atom stereocenters. The van der Waals surface area contributed by atoms with E-state index in [1.54, 1.807) is 0 Å². The Hall–Kier alpha value is -0.970. The fourth-order valence-electron chi connectivity index (χ4n) is 2.70. The molecule has 1 saturated heterocycles. The van der Waals surface area contributed by atoms with Gasteiger partial charge in [-0.05, 0) is 38.5 Å². The molecule has 0 saturated carbocycles. The van der Waals surface area contributed by atoms with Crippen molar-refractivity contribution in [3.05, 3.63) is 11.3 Å². The van der Waals surface area contributed by atoms with Gasteiger partial charge in [-0.1, -0.05) is 12.8 Å². The molecule has 0 N–H and O–H groups in total. The van der Waals surface area contributed by atoms with Crippen LogP contribution in [0.5, 0.6) is 0 Å². The number of likely N-dealkylation sites (tertiary alicyclic amines) is 1. The smallest absolute Gasteiger partial charge is 0.0965 e. The summed E-state index contributed by atoms with van der Waals surface area (Å²) in [5.74, 6) is 0. The molecule has 2 rings (SSSR count). The van der Waals surface area contributed by atoms with Gasteiger partial charge in [0.25, 0.3) is 0 Å². The quantitative estimate of drug-likeness (QED) is 0.655. The van der Waals surface area contributed by atoms with E-state index in [0.29, 0.717) is 0 Å². The van der Waals surface area contributed by atoms with Crippen LogP contribution in [0, 0.1) is 11.3 Å². The first-order valence-electron chi connectivity index (χ1n) is 6.29. The van der Waals surface area contributed by atoms with Crippen molar-refractivity contribution < 1.29 is 0 Å². The summed E-state index contributed by atoms with van der Waals surface area (Å²) in [6.45, 7) is 2.36. The Morgan fingerprint density at radius 1 is 0.867 bits per heavy atom. The first-order valence-corrected chi connectivity index (χ1v) is 6.29.